The van der Waals surface area contributed by atoms with E-state index in [0.717, 1.165) is 28.4 Å². The van der Waals surface area contributed by atoms with Gasteiger partial charge >= 0.3 is 5.65 Å². The number of hydrogen-bond donors (Lipinski definition) is 0. The average Bonchev–Trinajstić information content (AvgIpc) is 3.05. The molecule has 0 unspecified atom stereocenters. The van der Waals surface area contributed by atoms with Crippen LogP contribution in [0.25, 0.3) is 26.7 Å². The van der Waals surface area contributed by atoms with Gasteiger partial charge in [-0.3, -0.25) is 9.97 Å². The number of nitrogens with zero attached hydrogens (tertiary/aromatic N) is 5. The van der Waals surface area contributed by atoms with E-state index < -0.39 is 0 Å². The minimum Gasteiger partial charge on any atom is -0.256 e. The van der Waals surface area contributed by atoms with Crippen molar-refractivity contribution in [3.05, 3.63) is 42.6 Å². The summed E-state index contributed by atoms with van der Waals surface area (Å²) < 4.78 is 4.38. The van der Waals surface area contributed by atoms with Crippen molar-refractivity contribution < 1.29 is 4.57 Å². The third-order valence-corrected chi connectivity index (χ3v) is 4.60. The summed E-state index contributed by atoms with van der Waals surface area (Å²) in [5.41, 5.74) is 4.39. The maximum Gasteiger partial charge on any atom is 0.326 e. The first kappa shape index (κ1) is 9.57. The van der Waals surface area contributed by atoms with Crippen molar-refractivity contribution in [2.45, 2.75) is 6.54 Å². The lowest BCUT2D eigenvalue weighted by atomic mass is 10.2. The molecule has 0 aliphatic carbocycles. The van der Waals surface area contributed by atoms with E-state index in [9.17, 15) is 0 Å². The van der Waals surface area contributed by atoms with E-state index in [-0.39, 0.29) is 0 Å². The van der Waals surface area contributed by atoms with Crippen molar-refractivity contribution in [3.63, 3.8) is 0 Å². The predicted octanol–water partition coefficient (Wildman–Crippen LogP) is 1.66. The molecule has 0 amide bonds. The van der Waals surface area contributed by atoms with Crippen LogP contribution in [0.2, 0.25) is 0 Å². The molecule has 1 aliphatic rings. The number of imidazole rings is 1. The second-order valence-corrected chi connectivity index (χ2v) is 5.51. The Morgan fingerprint density at radius 2 is 2.32 bits per heavy atom. The largest absolute Gasteiger partial charge is 0.326 e. The van der Waals surface area contributed by atoms with Gasteiger partial charge in [-0.2, -0.15) is 9.38 Å². The maximum absolute atomic E-state index is 4.63. The molecule has 90 valence electrons. The van der Waals surface area contributed by atoms with Gasteiger partial charge in [0.25, 0.3) is 0 Å². The number of aromatic nitrogens is 5. The molecule has 0 saturated heterocycles. The Hall–Kier alpha value is -2.34. The van der Waals surface area contributed by atoms with Gasteiger partial charge in [0.15, 0.2) is 5.01 Å². The molecule has 1 aliphatic heterocycles. The third-order valence-electron chi connectivity index (χ3n) is 3.50. The van der Waals surface area contributed by atoms with Crippen LogP contribution >= 0.6 is 11.3 Å². The predicted molar refractivity (Wildman–Crippen MR) is 70.9 cm³/mol. The van der Waals surface area contributed by atoms with Gasteiger partial charge in [-0.1, -0.05) is 11.3 Å². The fourth-order valence-electron chi connectivity index (χ4n) is 2.68. The molecule has 4 aromatic heterocycles. The molecule has 6 heteroatoms. The molecule has 0 fully saturated rings. The standard InChI is InChI=1S/C13H8N5S/c1-2-8-9(15-3-1)7-18-12-11(19-13(8)18)16-10-6-14-4-5-17(10)12/h1-6H,7H2/q+1. The van der Waals surface area contributed by atoms with Crippen LogP contribution in [0.15, 0.2) is 36.9 Å². The van der Waals surface area contributed by atoms with Crippen LogP contribution in [0.4, 0.5) is 0 Å². The zero-order valence-corrected chi connectivity index (χ0v) is 10.6. The summed E-state index contributed by atoms with van der Waals surface area (Å²) in [5, 5.41) is 1.24. The van der Waals surface area contributed by atoms with E-state index in [0.29, 0.717) is 0 Å². The van der Waals surface area contributed by atoms with Gasteiger partial charge in [0.1, 0.15) is 12.7 Å². The van der Waals surface area contributed by atoms with E-state index in [1.165, 1.54) is 10.6 Å². The minimum absolute atomic E-state index is 0.821. The van der Waals surface area contributed by atoms with Gasteiger partial charge in [-0.25, -0.2) is 4.57 Å². The normalized spacial score (nSPS) is 13.1. The van der Waals surface area contributed by atoms with Crippen LogP contribution in [0.5, 0.6) is 0 Å². The smallest absolute Gasteiger partial charge is 0.256 e. The van der Waals surface area contributed by atoms with Gasteiger partial charge in [-0.05, 0) is 12.1 Å². The summed E-state index contributed by atoms with van der Waals surface area (Å²) in [6.45, 7) is 0.821. The molecular formula is C13H8N5S+. The first-order valence-electron chi connectivity index (χ1n) is 6.00. The van der Waals surface area contributed by atoms with Crippen molar-refractivity contribution in [1.82, 2.24) is 19.4 Å². The highest BCUT2D eigenvalue weighted by molar-refractivity contribution is 7.20. The van der Waals surface area contributed by atoms with E-state index in [4.69, 9.17) is 0 Å². The molecule has 4 aromatic rings. The van der Waals surface area contributed by atoms with Crippen molar-refractivity contribution in [2.24, 2.45) is 0 Å². The number of rotatable bonds is 0. The second kappa shape index (κ2) is 3.16. The first-order chi connectivity index (χ1) is 9.42. The molecule has 0 bridgehead atoms. The highest BCUT2D eigenvalue weighted by Gasteiger charge is 2.32. The van der Waals surface area contributed by atoms with E-state index in [1.807, 2.05) is 18.5 Å². The summed E-state index contributed by atoms with van der Waals surface area (Å²) in [5.74, 6) is 0. The lowest BCUT2D eigenvalue weighted by Gasteiger charge is -1.90. The van der Waals surface area contributed by atoms with Gasteiger partial charge in [0, 0.05) is 6.20 Å². The van der Waals surface area contributed by atoms with E-state index in [1.54, 1.807) is 23.7 Å². The Morgan fingerprint density at radius 1 is 1.32 bits per heavy atom. The highest BCUT2D eigenvalue weighted by atomic mass is 32.1. The van der Waals surface area contributed by atoms with Crippen molar-refractivity contribution in [2.75, 3.05) is 0 Å². The minimum atomic E-state index is 0.821. The van der Waals surface area contributed by atoms with Crippen LogP contribution in [0, 0.1) is 0 Å². The van der Waals surface area contributed by atoms with Gasteiger partial charge in [0.05, 0.1) is 23.7 Å². The summed E-state index contributed by atoms with van der Waals surface area (Å²) in [6.07, 6.45) is 7.39. The molecule has 0 N–H and O–H groups in total. The lowest BCUT2D eigenvalue weighted by Crippen LogP contribution is -2.31. The van der Waals surface area contributed by atoms with Crippen molar-refractivity contribution >= 4 is 27.5 Å². The zero-order valence-electron chi connectivity index (χ0n) is 9.82. The fraction of sp³-hybridized carbons (Fsp3) is 0.0769. The first-order valence-corrected chi connectivity index (χ1v) is 6.82. The molecule has 5 heterocycles. The van der Waals surface area contributed by atoms with Crippen LogP contribution in [-0.4, -0.2) is 19.4 Å². The number of hydrogen-bond acceptors (Lipinski definition) is 4. The van der Waals surface area contributed by atoms with Crippen LogP contribution in [0.3, 0.4) is 0 Å². The van der Waals surface area contributed by atoms with E-state index >= 15 is 0 Å². The summed E-state index contributed by atoms with van der Waals surface area (Å²) >= 11 is 1.72. The molecule has 19 heavy (non-hydrogen) atoms. The second-order valence-electron chi connectivity index (χ2n) is 4.54. The molecule has 5 nitrogen and oxygen atoms in total. The van der Waals surface area contributed by atoms with Gasteiger partial charge in [-0.15, -0.1) is 0 Å². The van der Waals surface area contributed by atoms with Gasteiger partial charge < -0.3 is 0 Å². The Balaban J connectivity index is 1.94. The SMILES string of the molecule is c1cnc2c(c1)-c1sc3nc4cnccn4c3[n+]1C2. The Kier molecular flexibility index (Phi) is 1.59. The molecule has 0 atom stereocenters. The Morgan fingerprint density at radius 3 is 3.32 bits per heavy atom. The topological polar surface area (TPSA) is 47.0 Å². The van der Waals surface area contributed by atoms with Gasteiger partial charge in [0.2, 0.25) is 10.5 Å². The zero-order chi connectivity index (χ0) is 12.4. The molecule has 5 rings (SSSR count). The Bertz CT molecular complexity index is 952. The molecular weight excluding hydrogens is 258 g/mol. The number of pyridine rings is 1. The van der Waals surface area contributed by atoms with Crippen molar-refractivity contribution in [1.29, 1.82) is 0 Å². The van der Waals surface area contributed by atoms with E-state index in [2.05, 4.69) is 30.0 Å². The Labute approximate surface area is 111 Å². The lowest BCUT2D eigenvalue weighted by molar-refractivity contribution is -0.644. The summed E-state index contributed by atoms with van der Waals surface area (Å²) in [4.78, 5) is 14.3. The third kappa shape index (κ3) is 1.09. The number of fused-ring (bicyclic) bond motifs is 7. The fourth-order valence-corrected chi connectivity index (χ4v) is 3.86. The highest BCUT2D eigenvalue weighted by Crippen LogP contribution is 2.34. The summed E-state index contributed by atoms with van der Waals surface area (Å²) in [6, 6.07) is 4.12. The van der Waals surface area contributed by atoms with Crippen molar-refractivity contribution in [3.8, 4) is 10.6 Å². The van der Waals surface area contributed by atoms with Crippen LogP contribution in [-0.2, 0) is 6.54 Å². The van der Waals surface area contributed by atoms with Crippen LogP contribution < -0.4 is 4.57 Å². The number of thiazole rings is 1. The molecule has 0 radical (unpaired) electrons. The molecule has 0 spiro atoms. The summed E-state index contributed by atoms with van der Waals surface area (Å²) in [7, 11) is 0. The molecule has 0 saturated carbocycles. The monoisotopic (exact) mass is 266 g/mol. The van der Waals surface area contributed by atoms with Crippen LogP contribution in [0.1, 0.15) is 5.69 Å². The maximum atomic E-state index is 4.63. The quantitative estimate of drug-likeness (QED) is 0.400. The molecule has 0 aromatic carbocycles. The average molecular weight is 266 g/mol.